The van der Waals surface area contributed by atoms with Crippen molar-refractivity contribution in [1.82, 2.24) is 15.0 Å². The van der Waals surface area contributed by atoms with Gasteiger partial charge in [0.1, 0.15) is 17.8 Å². The van der Waals surface area contributed by atoms with Gasteiger partial charge in [0, 0.05) is 12.8 Å². The molecule has 0 radical (unpaired) electrons. The molecule has 4 rings (SSSR count). The number of anilines is 1. The molecule has 0 unspecified atom stereocenters. The zero-order chi connectivity index (χ0) is 18.6. The van der Waals surface area contributed by atoms with E-state index in [0.717, 1.165) is 24.2 Å². The molecular formula is C19H27IN6O2. The second-order valence-electron chi connectivity index (χ2n) is 7.05. The molecule has 1 fully saturated rings. The molecule has 8 nitrogen and oxygen atoms in total. The average molecular weight is 498 g/mol. The SMILES string of the molecule is CO[C@@H]1COC[C@H]1n1cc(CN=C(N)Nc2cccc3c2CCCC3)nn1.I. The number of hydrogen-bond acceptors (Lipinski definition) is 5. The third kappa shape index (κ3) is 4.64. The molecule has 3 N–H and O–H groups in total. The van der Waals surface area contributed by atoms with Gasteiger partial charge in [-0.1, -0.05) is 17.3 Å². The van der Waals surface area contributed by atoms with Gasteiger partial charge in [-0.2, -0.15) is 0 Å². The van der Waals surface area contributed by atoms with Gasteiger partial charge >= 0.3 is 0 Å². The Labute approximate surface area is 181 Å². The third-order valence-electron chi connectivity index (χ3n) is 5.27. The highest BCUT2D eigenvalue weighted by atomic mass is 127. The van der Waals surface area contributed by atoms with Crippen LogP contribution in [0.3, 0.4) is 0 Å². The van der Waals surface area contributed by atoms with Crippen molar-refractivity contribution in [3.05, 3.63) is 41.2 Å². The fraction of sp³-hybridized carbons (Fsp3) is 0.526. The number of aromatic nitrogens is 3. The zero-order valence-electron chi connectivity index (χ0n) is 16.0. The van der Waals surface area contributed by atoms with Gasteiger partial charge in [-0.25, -0.2) is 9.67 Å². The van der Waals surface area contributed by atoms with Crippen LogP contribution < -0.4 is 11.1 Å². The van der Waals surface area contributed by atoms with Crippen molar-refractivity contribution in [3.63, 3.8) is 0 Å². The van der Waals surface area contributed by atoms with E-state index in [-0.39, 0.29) is 36.1 Å². The van der Waals surface area contributed by atoms with Crippen LogP contribution in [0.1, 0.15) is 35.7 Å². The lowest BCUT2D eigenvalue weighted by molar-refractivity contribution is 0.0661. The number of benzene rings is 1. The van der Waals surface area contributed by atoms with Crippen LogP contribution in [-0.4, -0.2) is 47.4 Å². The summed E-state index contributed by atoms with van der Waals surface area (Å²) < 4.78 is 12.7. The van der Waals surface area contributed by atoms with Gasteiger partial charge in [-0.3, -0.25) is 0 Å². The number of halogens is 1. The van der Waals surface area contributed by atoms with Crippen molar-refractivity contribution in [2.75, 3.05) is 25.6 Å². The Balaban J connectivity index is 0.00000225. The number of fused-ring (bicyclic) bond motifs is 1. The Bertz CT molecular complexity index is 825. The Hall–Kier alpha value is -1.72. The van der Waals surface area contributed by atoms with Crippen LogP contribution in [0, 0.1) is 0 Å². The molecule has 2 aromatic rings. The first-order valence-corrected chi connectivity index (χ1v) is 9.43. The lowest BCUT2D eigenvalue weighted by Crippen LogP contribution is -2.24. The summed E-state index contributed by atoms with van der Waals surface area (Å²) in [6, 6.07) is 6.38. The number of nitrogens with one attached hydrogen (secondary N) is 1. The molecule has 0 amide bonds. The standard InChI is InChI=1S/C19H26N6O2.HI/c1-26-18-12-27-11-17(18)25-10-14(23-24-25)9-21-19(20)22-16-8-4-6-13-5-2-3-7-15(13)16;/h4,6,8,10,17-18H,2-3,5,7,9,11-12H2,1H3,(H3,20,21,22);1H/t17-,18-;/m1./s1. The lowest BCUT2D eigenvalue weighted by atomic mass is 9.90. The van der Waals surface area contributed by atoms with Crippen LogP contribution in [0.5, 0.6) is 0 Å². The molecule has 152 valence electrons. The number of guanidine groups is 1. The van der Waals surface area contributed by atoms with E-state index in [1.54, 1.807) is 11.8 Å². The molecule has 1 saturated heterocycles. The summed E-state index contributed by atoms with van der Waals surface area (Å²) in [5, 5.41) is 11.6. The molecule has 2 heterocycles. The van der Waals surface area contributed by atoms with Gasteiger partial charge in [0.15, 0.2) is 5.96 Å². The van der Waals surface area contributed by atoms with Crippen LogP contribution in [-0.2, 0) is 28.9 Å². The number of aryl methyl sites for hydroxylation is 1. The first-order valence-electron chi connectivity index (χ1n) is 9.43. The van der Waals surface area contributed by atoms with Gasteiger partial charge < -0.3 is 20.5 Å². The van der Waals surface area contributed by atoms with E-state index in [4.69, 9.17) is 15.2 Å². The van der Waals surface area contributed by atoms with Gasteiger partial charge in [-0.15, -0.1) is 29.1 Å². The Morgan fingerprint density at radius 2 is 2.21 bits per heavy atom. The largest absolute Gasteiger partial charge is 0.377 e. The Morgan fingerprint density at radius 1 is 1.36 bits per heavy atom. The van der Waals surface area contributed by atoms with Crippen molar-refractivity contribution < 1.29 is 9.47 Å². The summed E-state index contributed by atoms with van der Waals surface area (Å²) in [7, 11) is 1.68. The topological polar surface area (TPSA) is 99.6 Å². The minimum Gasteiger partial charge on any atom is -0.377 e. The average Bonchev–Trinajstić information content (AvgIpc) is 3.35. The number of nitrogens with zero attached hydrogens (tertiary/aromatic N) is 4. The molecule has 1 aliphatic carbocycles. The Morgan fingerprint density at radius 3 is 3.07 bits per heavy atom. The molecule has 1 aromatic carbocycles. The molecule has 0 spiro atoms. The fourth-order valence-corrected chi connectivity index (χ4v) is 3.79. The number of ether oxygens (including phenoxy) is 2. The van der Waals surface area contributed by atoms with Crippen molar-refractivity contribution in [1.29, 1.82) is 0 Å². The highest BCUT2D eigenvalue weighted by Crippen LogP contribution is 2.27. The zero-order valence-corrected chi connectivity index (χ0v) is 18.3. The maximum Gasteiger partial charge on any atom is 0.193 e. The summed E-state index contributed by atoms with van der Waals surface area (Å²) in [6.45, 7) is 1.53. The second-order valence-corrected chi connectivity index (χ2v) is 7.05. The van der Waals surface area contributed by atoms with Gasteiger partial charge in [-0.05, 0) is 42.9 Å². The third-order valence-corrected chi connectivity index (χ3v) is 5.27. The molecule has 28 heavy (non-hydrogen) atoms. The number of nitrogens with two attached hydrogens (primary N) is 1. The smallest absolute Gasteiger partial charge is 0.193 e. The van der Waals surface area contributed by atoms with Crippen LogP contribution in [0.15, 0.2) is 29.4 Å². The van der Waals surface area contributed by atoms with Gasteiger partial charge in [0.05, 0.1) is 26.0 Å². The molecule has 0 bridgehead atoms. The molecular weight excluding hydrogens is 471 g/mol. The van der Waals surface area contributed by atoms with Crippen LogP contribution in [0.4, 0.5) is 5.69 Å². The second kappa shape index (κ2) is 9.66. The van der Waals surface area contributed by atoms with Crippen molar-refractivity contribution in [2.24, 2.45) is 10.7 Å². The van der Waals surface area contributed by atoms with Gasteiger partial charge in [0.2, 0.25) is 0 Å². The number of aliphatic imine (C=N–C) groups is 1. The predicted molar refractivity (Wildman–Crippen MR) is 118 cm³/mol. The Kier molecular flexibility index (Phi) is 7.24. The normalized spacial score (nSPS) is 21.8. The maximum atomic E-state index is 6.10. The molecule has 0 saturated carbocycles. The van der Waals surface area contributed by atoms with E-state index < -0.39 is 0 Å². The summed E-state index contributed by atoms with van der Waals surface area (Å²) in [4.78, 5) is 4.42. The fourth-order valence-electron chi connectivity index (χ4n) is 3.79. The van der Waals surface area contributed by atoms with Crippen LogP contribution >= 0.6 is 24.0 Å². The highest BCUT2D eigenvalue weighted by Gasteiger charge is 2.30. The van der Waals surface area contributed by atoms with Crippen LogP contribution in [0.25, 0.3) is 0 Å². The minimum atomic E-state index is -0.000885. The molecule has 2 atom stereocenters. The first kappa shape index (κ1) is 21.0. The van der Waals surface area contributed by atoms with E-state index in [1.165, 1.54) is 24.0 Å². The maximum absolute atomic E-state index is 6.10. The summed E-state index contributed by atoms with van der Waals surface area (Å²) in [5.74, 6) is 0.391. The lowest BCUT2D eigenvalue weighted by Gasteiger charge is -2.19. The summed E-state index contributed by atoms with van der Waals surface area (Å²) in [5.41, 5.74) is 10.7. The molecule has 9 heteroatoms. The van der Waals surface area contributed by atoms with E-state index >= 15 is 0 Å². The van der Waals surface area contributed by atoms with E-state index in [1.807, 2.05) is 6.20 Å². The van der Waals surface area contributed by atoms with E-state index in [2.05, 4.69) is 38.8 Å². The van der Waals surface area contributed by atoms with E-state index in [9.17, 15) is 0 Å². The number of rotatable bonds is 5. The predicted octanol–water partition coefficient (Wildman–Crippen LogP) is 2.29. The van der Waals surface area contributed by atoms with Crippen LogP contribution in [0.2, 0.25) is 0 Å². The quantitative estimate of drug-likeness (QED) is 0.373. The first-order chi connectivity index (χ1) is 13.2. The summed E-state index contributed by atoms with van der Waals surface area (Å²) in [6.07, 6.45) is 6.58. The molecule has 1 aromatic heterocycles. The highest BCUT2D eigenvalue weighted by molar-refractivity contribution is 14.0. The van der Waals surface area contributed by atoms with E-state index in [0.29, 0.717) is 25.7 Å². The van der Waals surface area contributed by atoms with Crippen molar-refractivity contribution in [3.8, 4) is 0 Å². The summed E-state index contributed by atoms with van der Waals surface area (Å²) >= 11 is 0. The number of hydrogen-bond donors (Lipinski definition) is 2. The molecule has 1 aliphatic heterocycles. The van der Waals surface area contributed by atoms with Crippen molar-refractivity contribution >= 4 is 35.6 Å². The number of methoxy groups -OCH3 is 1. The van der Waals surface area contributed by atoms with Crippen molar-refractivity contribution in [2.45, 2.75) is 44.4 Å². The van der Waals surface area contributed by atoms with Gasteiger partial charge in [0.25, 0.3) is 0 Å². The monoisotopic (exact) mass is 498 g/mol. The minimum absolute atomic E-state index is 0. The molecule has 2 aliphatic rings.